The van der Waals surface area contributed by atoms with Gasteiger partial charge in [0.2, 0.25) is 0 Å². The molecule has 6 nitrogen and oxygen atoms in total. The summed E-state index contributed by atoms with van der Waals surface area (Å²) in [6.45, 7) is 2.66. The molecule has 0 saturated carbocycles. The molecule has 2 amide bonds. The first-order valence-corrected chi connectivity index (χ1v) is 6.81. The molecular formula is C16H18N2O4. The molecule has 0 saturated heterocycles. The average molecular weight is 302 g/mol. The summed E-state index contributed by atoms with van der Waals surface area (Å²) >= 11 is 0. The lowest BCUT2D eigenvalue weighted by Crippen LogP contribution is -2.36. The highest BCUT2D eigenvalue weighted by molar-refractivity contribution is 5.87. The summed E-state index contributed by atoms with van der Waals surface area (Å²) in [7, 11) is 1.70. The maximum atomic E-state index is 12.0. The topological polar surface area (TPSA) is 82.8 Å². The van der Waals surface area contributed by atoms with Gasteiger partial charge in [0.15, 0.2) is 0 Å². The molecule has 0 unspecified atom stereocenters. The van der Waals surface area contributed by atoms with Crippen LogP contribution < -0.4 is 5.32 Å². The number of carbonyl (C=O) groups excluding carboxylic acids is 1. The number of hydrogen-bond donors (Lipinski definition) is 2. The Labute approximate surface area is 128 Å². The molecule has 0 atom stereocenters. The standard InChI is InChI=1S/C16H18N2O4/c1-11-14(7-8-22-11)10-18(2)16(21)17-9-12-3-5-13(6-4-12)15(19)20/h3-8H,9-10H2,1-2H3,(H,17,21)(H,19,20). The molecule has 2 aromatic rings. The van der Waals surface area contributed by atoms with Crippen LogP contribution in [0.15, 0.2) is 41.0 Å². The van der Waals surface area contributed by atoms with Gasteiger partial charge in [-0.1, -0.05) is 12.1 Å². The van der Waals surface area contributed by atoms with Crippen molar-refractivity contribution in [1.82, 2.24) is 10.2 Å². The fourth-order valence-corrected chi connectivity index (χ4v) is 1.98. The van der Waals surface area contributed by atoms with Crippen LogP contribution in [0, 0.1) is 6.92 Å². The number of nitrogens with zero attached hydrogens (tertiary/aromatic N) is 1. The third-order valence-corrected chi connectivity index (χ3v) is 3.37. The number of nitrogens with one attached hydrogen (secondary N) is 1. The van der Waals surface area contributed by atoms with Crippen molar-refractivity contribution in [1.29, 1.82) is 0 Å². The molecule has 0 fully saturated rings. The summed E-state index contributed by atoms with van der Waals surface area (Å²) in [5, 5.41) is 11.6. The summed E-state index contributed by atoms with van der Waals surface area (Å²) in [6, 6.07) is 8.03. The number of carbonyl (C=O) groups is 2. The van der Waals surface area contributed by atoms with E-state index in [1.54, 1.807) is 30.3 Å². The van der Waals surface area contributed by atoms with Crippen LogP contribution >= 0.6 is 0 Å². The summed E-state index contributed by atoms with van der Waals surface area (Å²) in [6.07, 6.45) is 1.60. The van der Waals surface area contributed by atoms with E-state index in [-0.39, 0.29) is 11.6 Å². The van der Waals surface area contributed by atoms with Gasteiger partial charge < -0.3 is 19.7 Å². The molecule has 2 N–H and O–H groups in total. The highest BCUT2D eigenvalue weighted by Crippen LogP contribution is 2.11. The Balaban J connectivity index is 1.86. The van der Waals surface area contributed by atoms with E-state index in [2.05, 4.69) is 5.32 Å². The molecule has 0 aliphatic carbocycles. The number of benzene rings is 1. The summed E-state index contributed by atoms with van der Waals surface area (Å²) in [5.74, 6) is -0.172. The predicted molar refractivity (Wildman–Crippen MR) is 80.5 cm³/mol. The van der Waals surface area contributed by atoms with Gasteiger partial charge in [-0.15, -0.1) is 0 Å². The maximum absolute atomic E-state index is 12.0. The molecule has 116 valence electrons. The van der Waals surface area contributed by atoms with Crippen molar-refractivity contribution in [3.63, 3.8) is 0 Å². The van der Waals surface area contributed by atoms with Gasteiger partial charge in [0.05, 0.1) is 18.4 Å². The van der Waals surface area contributed by atoms with Crippen LogP contribution in [0.2, 0.25) is 0 Å². The molecule has 0 spiro atoms. The molecule has 2 rings (SSSR count). The van der Waals surface area contributed by atoms with Crippen molar-refractivity contribution >= 4 is 12.0 Å². The van der Waals surface area contributed by atoms with E-state index < -0.39 is 5.97 Å². The lowest BCUT2D eigenvalue weighted by atomic mass is 10.1. The monoisotopic (exact) mass is 302 g/mol. The molecule has 1 aromatic carbocycles. The van der Waals surface area contributed by atoms with Crippen molar-refractivity contribution in [2.45, 2.75) is 20.0 Å². The van der Waals surface area contributed by atoms with Gasteiger partial charge in [0.25, 0.3) is 0 Å². The summed E-state index contributed by atoms with van der Waals surface area (Å²) < 4.78 is 5.20. The van der Waals surface area contributed by atoms with Gasteiger partial charge >= 0.3 is 12.0 Å². The Hall–Kier alpha value is -2.76. The molecule has 1 heterocycles. The van der Waals surface area contributed by atoms with E-state index in [1.165, 1.54) is 12.1 Å². The minimum Gasteiger partial charge on any atom is -0.478 e. The summed E-state index contributed by atoms with van der Waals surface area (Å²) in [4.78, 5) is 24.3. The van der Waals surface area contributed by atoms with E-state index >= 15 is 0 Å². The number of rotatable bonds is 5. The molecule has 0 aliphatic rings. The van der Waals surface area contributed by atoms with Crippen LogP contribution in [-0.2, 0) is 13.1 Å². The Morgan fingerprint density at radius 3 is 2.45 bits per heavy atom. The van der Waals surface area contributed by atoms with Crippen LogP contribution in [0.1, 0.15) is 27.2 Å². The van der Waals surface area contributed by atoms with E-state index in [1.807, 2.05) is 13.0 Å². The zero-order valence-electron chi connectivity index (χ0n) is 12.5. The minimum atomic E-state index is -0.967. The van der Waals surface area contributed by atoms with Crippen molar-refractivity contribution < 1.29 is 19.1 Å². The number of furan rings is 1. The zero-order valence-corrected chi connectivity index (χ0v) is 12.5. The Morgan fingerprint density at radius 1 is 1.23 bits per heavy atom. The number of hydrogen-bond acceptors (Lipinski definition) is 3. The van der Waals surface area contributed by atoms with Gasteiger partial charge in [-0.2, -0.15) is 0 Å². The van der Waals surface area contributed by atoms with Crippen LogP contribution in [-0.4, -0.2) is 29.1 Å². The van der Waals surface area contributed by atoms with Gasteiger partial charge in [-0.3, -0.25) is 0 Å². The van der Waals surface area contributed by atoms with Gasteiger partial charge in [-0.25, -0.2) is 9.59 Å². The molecular weight excluding hydrogens is 284 g/mol. The van der Waals surface area contributed by atoms with Gasteiger partial charge in [0.1, 0.15) is 5.76 Å². The lowest BCUT2D eigenvalue weighted by Gasteiger charge is -2.17. The third-order valence-electron chi connectivity index (χ3n) is 3.37. The molecule has 0 radical (unpaired) electrons. The number of urea groups is 1. The minimum absolute atomic E-state index is 0.206. The number of carboxylic acid groups (broad SMARTS) is 1. The Morgan fingerprint density at radius 2 is 1.91 bits per heavy atom. The van der Waals surface area contributed by atoms with Crippen molar-refractivity contribution in [3.05, 3.63) is 59.0 Å². The highest BCUT2D eigenvalue weighted by Gasteiger charge is 2.11. The van der Waals surface area contributed by atoms with Crippen molar-refractivity contribution in [2.75, 3.05) is 7.05 Å². The second-order valence-corrected chi connectivity index (χ2v) is 5.02. The highest BCUT2D eigenvalue weighted by atomic mass is 16.4. The summed E-state index contributed by atoms with van der Waals surface area (Å²) in [5.41, 5.74) is 2.03. The number of carboxylic acids is 1. The number of amides is 2. The Bertz CT molecular complexity index is 661. The van der Waals surface area contributed by atoms with Crippen LogP contribution in [0.5, 0.6) is 0 Å². The van der Waals surface area contributed by atoms with Gasteiger partial charge in [0, 0.05) is 19.2 Å². The SMILES string of the molecule is Cc1occc1CN(C)C(=O)NCc1ccc(C(=O)O)cc1. The first-order valence-electron chi connectivity index (χ1n) is 6.81. The maximum Gasteiger partial charge on any atom is 0.335 e. The van der Waals surface area contributed by atoms with Gasteiger partial charge in [-0.05, 0) is 30.7 Å². The normalized spacial score (nSPS) is 10.3. The largest absolute Gasteiger partial charge is 0.478 e. The third kappa shape index (κ3) is 3.88. The van der Waals surface area contributed by atoms with Crippen molar-refractivity contribution in [3.8, 4) is 0 Å². The number of aryl methyl sites for hydroxylation is 1. The molecule has 1 aromatic heterocycles. The number of aromatic carboxylic acids is 1. The smallest absolute Gasteiger partial charge is 0.335 e. The van der Waals surface area contributed by atoms with Crippen LogP contribution in [0.25, 0.3) is 0 Å². The lowest BCUT2D eigenvalue weighted by molar-refractivity contribution is 0.0697. The second-order valence-electron chi connectivity index (χ2n) is 5.02. The first kappa shape index (κ1) is 15.6. The molecule has 0 aliphatic heterocycles. The quantitative estimate of drug-likeness (QED) is 0.889. The fourth-order valence-electron chi connectivity index (χ4n) is 1.98. The first-order chi connectivity index (χ1) is 10.5. The van der Waals surface area contributed by atoms with E-state index in [0.29, 0.717) is 13.1 Å². The van der Waals surface area contributed by atoms with E-state index in [0.717, 1.165) is 16.9 Å². The average Bonchev–Trinajstić information content (AvgIpc) is 2.90. The Kier molecular flexibility index (Phi) is 4.83. The van der Waals surface area contributed by atoms with Crippen LogP contribution in [0.4, 0.5) is 4.79 Å². The van der Waals surface area contributed by atoms with Crippen molar-refractivity contribution in [2.24, 2.45) is 0 Å². The molecule has 6 heteroatoms. The van der Waals surface area contributed by atoms with E-state index in [4.69, 9.17) is 9.52 Å². The predicted octanol–water partition coefficient (Wildman–Crippen LogP) is 2.63. The molecule has 22 heavy (non-hydrogen) atoms. The van der Waals surface area contributed by atoms with Crippen LogP contribution in [0.3, 0.4) is 0 Å². The van der Waals surface area contributed by atoms with E-state index in [9.17, 15) is 9.59 Å². The zero-order chi connectivity index (χ0) is 16.1. The fraction of sp³-hybridized carbons (Fsp3) is 0.250. The second kappa shape index (κ2) is 6.80. The molecule has 0 bridgehead atoms.